The van der Waals surface area contributed by atoms with Gasteiger partial charge in [-0.15, -0.1) is 0 Å². The van der Waals surface area contributed by atoms with Crippen molar-refractivity contribution < 1.29 is 14.3 Å². The SMILES string of the molecule is CCN(CC1CCN(C(=O)OC(C)(C)C)C1)C(=O)CN. The third-order valence-electron chi connectivity index (χ3n) is 3.33. The summed E-state index contributed by atoms with van der Waals surface area (Å²) >= 11 is 0. The van der Waals surface area contributed by atoms with Crippen molar-refractivity contribution in [1.29, 1.82) is 0 Å². The summed E-state index contributed by atoms with van der Waals surface area (Å²) in [5.74, 6) is 0.265. The van der Waals surface area contributed by atoms with E-state index >= 15 is 0 Å². The first kappa shape index (κ1) is 16.8. The molecule has 0 aromatic rings. The quantitative estimate of drug-likeness (QED) is 0.837. The average Bonchev–Trinajstić information content (AvgIpc) is 2.81. The molecule has 116 valence electrons. The highest BCUT2D eigenvalue weighted by molar-refractivity contribution is 5.78. The Labute approximate surface area is 121 Å². The Morgan fingerprint density at radius 3 is 2.55 bits per heavy atom. The van der Waals surface area contributed by atoms with Crippen LogP contribution in [0.15, 0.2) is 0 Å². The molecule has 0 aromatic heterocycles. The summed E-state index contributed by atoms with van der Waals surface area (Å²) in [7, 11) is 0. The zero-order valence-corrected chi connectivity index (χ0v) is 13.0. The summed E-state index contributed by atoms with van der Waals surface area (Å²) < 4.78 is 5.36. The molecule has 2 N–H and O–H groups in total. The van der Waals surface area contributed by atoms with E-state index in [1.54, 1.807) is 9.80 Å². The fraction of sp³-hybridized carbons (Fsp3) is 0.857. The van der Waals surface area contributed by atoms with Crippen LogP contribution in [0.2, 0.25) is 0 Å². The molecule has 6 heteroatoms. The van der Waals surface area contributed by atoms with E-state index in [2.05, 4.69) is 0 Å². The number of likely N-dealkylation sites (tertiary alicyclic amines) is 1. The van der Waals surface area contributed by atoms with Crippen LogP contribution >= 0.6 is 0 Å². The lowest BCUT2D eigenvalue weighted by Crippen LogP contribution is -2.40. The molecule has 6 nitrogen and oxygen atoms in total. The van der Waals surface area contributed by atoms with Crippen molar-refractivity contribution in [3.63, 3.8) is 0 Å². The van der Waals surface area contributed by atoms with Gasteiger partial charge in [-0.05, 0) is 40.0 Å². The molecular weight excluding hydrogens is 258 g/mol. The molecule has 0 bridgehead atoms. The minimum Gasteiger partial charge on any atom is -0.444 e. The molecule has 0 aliphatic carbocycles. The topological polar surface area (TPSA) is 75.9 Å². The first-order valence-corrected chi connectivity index (χ1v) is 7.22. The predicted octanol–water partition coefficient (Wildman–Crippen LogP) is 1.05. The lowest BCUT2D eigenvalue weighted by molar-refractivity contribution is -0.130. The zero-order chi connectivity index (χ0) is 15.3. The van der Waals surface area contributed by atoms with Gasteiger partial charge in [-0.25, -0.2) is 4.79 Å². The maximum Gasteiger partial charge on any atom is 0.410 e. The maximum absolute atomic E-state index is 12.0. The molecule has 0 spiro atoms. The molecule has 0 radical (unpaired) electrons. The number of nitrogens with two attached hydrogens (primary N) is 1. The summed E-state index contributed by atoms with van der Waals surface area (Å²) in [5.41, 5.74) is 4.92. The van der Waals surface area contributed by atoms with Gasteiger partial charge in [0.15, 0.2) is 0 Å². The zero-order valence-electron chi connectivity index (χ0n) is 13.0. The monoisotopic (exact) mass is 285 g/mol. The van der Waals surface area contributed by atoms with Gasteiger partial charge in [-0.2, -0.15) is 0 Å². The van der Waals surface area contributed by atoms with Crippen LogP contribution in [0, 0.1) is 5.92 Å². The third-order valence-corrected chi connectivity index (χ3v) is 3.33. The number of likely N-dealkylation sites (N-methyl/N-ethyl adjacent to an activating group) is 1. The Bertz CT molecular complexity index is 352. The fourth-order valence-electron chi connectivity index (χ4n) is 2.32. The molecule has 1 heterocycles. The van der Waals surface area contributed by atoms with Gasteiger partial charge in [0.1, 0.15) is 5.60 Å². The van der Waals surface area contributed by atoms with Crippen molar-refractivity contribution in [3.8, 4) is 0 Å². The molecule has 1 fully saturated rings. The Morgan fingerprint density at radius 2 is 2.05 bits per heavy atom. The number of nitrogens with zero attached hydrogens (tertiary/aromatic N) is 2. The van der Waals surface area contributed by atoms with Crippen molar-refractivity contribution in [2.24, 2.45) is 11.7 Å². The highest BCUT2D eigenvalue weighted by Gasteiger charge is 2.31. The van der Waals surface area contributed by atoms with Crippen LogP contribution in [-0.4, -0.2) is 60.1 Å². The normalized spacial score (nSPS) is 19.1. The van der Waals surface area contributed by atoms with E-state index in [-0.39, 0.29) is 18.5 Å². The van der Waals surface area contributed by atoms with Crippen LogP contribution in [0.5, 0.6) is 0 Å². The molecule has 20 heavy (non-hydrogen) atoms. The summed E-state index contributed by atoms with van der Waals surface area (Å²) in [4.78, 5) is 27.1. The Balaban J connectivity index is 2.47. The van der Waals surface area contributed by atoms with E-state index in [4.69, 9.17) is 10.5 Å². The van der Waals surface area contributed by atoms with Gasteiger partial charge in [0.05, 0.1) is 6.54 Å². The van der Waals surface area contributed by atoms with Gasteiger partial charge in [0.2, 0.25) is 5.91 Å². The minimum atomic E-state index is -0.472. The van der Waals surface area contributed by atoms with Crippen molar-refractivity contribution in [2.45, 2.75) is 39.7 Å². The number of rotatable bonds is 4. The second-order valence-corrected chi connectivity index (χ2v) is 6.22. The molecule has 1 aliphatic rings. The maximum atomic E-state index is 12.0. The third kappa shape index (κ3) is 5.00. The van der Waals surface area contributed by atoms with Gasteiger partial charge in [0.25, 0.3) is 0 Å². The van der Waals surface area contributed by atoms with E-state index in [0.29, 0.717) is 32.1 Å². The first-order valence-electron chi connectivity index (χ1n) is 7.22. The molecule has 1 unspecified atom stereocenters. The highest BCUT2D eigenvalue weighted by Crippen LogP contribution is 2.20. The molecule has 1 atom stereocenters. The fourth-order valence-corrected chi connectivity index (χ4v) is 2.32. The summed E-state index contributed by atoms with van der Waals surface area (Å²) in [6.07, 6.45) is 0.626. The summed E-state index contributed by atoms with van der Waals surface area (Å²) in [5, 5.41) is 0. The highest BCUT2D eigenvalue weighted by atomic mass is 16.6. The van der Waals surface area contributed by atoms with Crippen LogP contribution in [0.25, 0.3) is 0 Å². The molecule has 0 aromatic carbocycles. The van der Waals surface area contributed by atoms with Gasteiger partial charge in [0, 0.05) is 26.2 Å². The molecule has 2 amide bonds. The lowest BCUT2D eigenvalue weighted by atomic mass is 10.1. The first-order chi connectivity index (χ1) is 9.26. The second-order valence-electron chi connectivity index (χ2n) is 6.22. The van der Waals surface area contributed by atoms with E-state index < -0.39 is 5.60 Å². The van der Waals surface area contributed by atoms with E-state index in [1.807, 2.05) is 27.7 Å². The van der Waals surface area contributed by atoms with Gasteiger partial charge < -0.3 is 20.3 Å². The Morgan fingerprint density at radius 1 is 1.40 bits per heavy atom. The Hall–Kier alpha value is -1.30. The van der Waals surface area contributed by atoms with Crippen LogP contribution in [-0.2, 0) is 9.53 Å². The van der Waals surface area contributed by atoms with Crippen LogP contribution in [0.4, 0.5) is 4.79 Å². The van der Waals surface area contributed by atoms with E-state index in [9.17, 15) is 9.59 Å². The predicted molar refractivity (Wildman–Crippen MR) is 77.2 cm³/mol. The second kappa shape index (κ2) is 6.92. The number of carbonyl (C=O) groups excluding carboxylic acids is 2. The van der Waals surface area contributed by atoms with Crippen LogP contribution in [0.3, 0.4) is 0 Å². The molecule has 1 aliphatic heterocycles. The molecule has 0 saturated carbocycles. The molecule has 1 saturated heterocycles. The van der Waals surface area contributed by atoms with Crippen molar-refractivity contribution in [1.82, 2.24) is 9.80 Å². The average molecular weight is 285 g/mol. The van der Waals surface area contributed by atoms with Gasteiger partial charge in [-0.1, -0.05) is 0 Å². The van der Waals surface area contributed by atoms with Gasteiger partial charge >= 0.3 is 6.09 Å². The summed E-state index contributed by atoms with van der Waals surface area (Å²) in [6, 6.07) is 0. The summed E-state index contributed by atoms with van der Waals surface area (Å²) in [6.45, 7) is 10.2. The number of hydrogen-bond acceptors (Lipinski definition) is 4. The van der Waals surface area contributed by atoms with Crippen molar-refractivity contribution in [2.75, 3.05) is 32.7 Å². The Kier molecular flexibility index (Phi) is 5.80. The van der Waals surface area contributed by atoms with E-state index in [1.165, 1.54) is 0 Å². The van der Waals surface area contributed by atoms with Gasteiger partial charge in [-0.3, -0.25) is 4.79 Å². The number of ether oxygens (including phenoxy) is 1. The lowest BCUT2D eigenvalue weighted by Gasteiger charge is -2.26. The smallest absolute Gasteiger partial charge is 0.410 e. The molecule has 1 rings (SSSR count). The van der Waals surface area contributed by atoms with E-state index in [0.717, 1.165) is 6.42 Å². The number of carbonyl (C=O) groups is 2. The number of amides is 2. The van der Waals surface area contributed by atoms with Crippen molar-refractivity contribution in [3.05, 3.63) is 0 Å². The minimum absolute atomic E-state index is 0.0380. The molecular formula is C14H27N3O3. The standard InChI is InChI=1S/C14H27N3O3/c1-5-16(12(18)8-15)9-11-6-7-17(10-11)13(19)20-14(2,3)4/h11H,5-10,15H2,1-4H3. The van der Waals surface area contributed by atoms with Crippen molar-refractivity contribution >= 4 is 12.0 Å². The largest absolute Gasteiger partial charge is 0.444 e. The van der Waals surface area contributed by atoms with Crippen LogP contribution in [0.1, 0.15) is 34.1 Å². The van der Waals surface area contributed by atoms with Crippen LogP contribution < -0.4 is 5.73 Å². The number of hydrogen-bond donors (Lipinski definition) is 1.